The van der Waals surface area contributed by atoms with E-state index in [1.54, 1.807) is 0 Å². The molecule has 1 rings (SSSR count). The number of hydrogen-bond acceptors (Lipinski definition) is 0. The monoisotopic (exact) mass is 158 g/mol. The molecule has 0 aromatic heterocycles. The minimum absolute atomic E-state index is 0.0963. The van der Waals surface area contributed by atoms with Gasteiger partial charge in [-0.2, -0.15) is 0 Å². The summed E-state index contributed by atoms with van der Waals surface area (Å²) in [6.07, 6.45) is 0. The number of halogens is 2. The summed E-state index contributed by atoms with van der Waals surface area (Å²) in [7, 11) is 0. The Morgan fingerprint density at radius 2 is 2.20 bits per heavy atom. The highest BCUT2D eigenvalue weighted by Gasteiger charge is 1.98. The summed E-state index contributed by atoms with van der Waals surface area (Å²) in [5.41, 5.74) is 7.60. The van der Waals surface area contributed by atoms with E-state index >= 15 is 0 Å². The van der Waals surface area contributed by atoms with Crippen molar-refractivity contribution in [3.8, 4) is 0 Å². The fourth-order valence-corrected chi connectivity index (χ4v) is 0.899. The van der Waals surface area contributed by atoms with Crippen LogP contribution < -0.4 is 5.73 Å². The molecule has 0 fully saturated rings. The zero-order valence-electron chi connectivity index (χ0n) is 5.20. The van der Waals surface area contributed by atoms with Gasteiger partial charge in [-0.15, -0.1) is 0 Å². The summed E-state index contributed by atoms with van der Waals surface area (Å²) in [4.78, 5) is 0. The van der Waals surface area contributed by atoms with Crippen molar-refractivity contribution < 1.29 is 4.39 Å². The van der Waals surface area contributed by atoms with E-state index in [1.807, 2.05) is 0 Å². The largest absolute Gasteiger partial charge is 0.253 e. The quantitative estimate of drug-likeness (QED) is 0.599. The van der Waals surface area contributed by atoms with Crippen LogP contribution >= 0.6 is 11.6 Å². The molecule has 1 aromatic carbocycles. The lowest BCUT2D eigenvalue weighted by molar-refractivity contribution is 0.627. The third-order valence-electron chi connectivity index (χ3n) is 1.21. The van der Waals surface area contributed by atoms with E-state index in [4.69, 9.17) is 17.3 Å². The molecule has 0 atom stereocenters. The normalized spacial score (nSPS) is 9.90. The van der Waals surface area contributed by atoms with Crippen LogP contribution in [0.25, 0.3) is 0 Å². The van der Waals surface area contributed by atoms with Gasteiger partial charge < -0.3 is 0 Å². The van der Waals surface area contributed by atoms with Crippen LogP contribution in [0.1, 0.15) is 5.56 Å². The van der Waals surface area contributed by atoms with E-state index in [1.165, 1.54) is 18.2 Å². The van der Waals surface area contributed by atoms with Gasteiger partial charge in [0.1, 0.15) is 5.82 Å². The minimum atomic E-state index is -0.359. The van der Waals surface area contributed by atoms with Crippen molar-refractivity contribution in [1.29, 1.82) is 0 Å². The van der Waals surface area contributed by atoms with Crippen molar-refractivity contribution in [2.24, 2.45) is 0 Å². The van der Waals surface area contributed by atoms with Crippen LogP contribution in [-0.4, -0.2) is 0 Å². The summed E-state index contributed by atoms with van der Waals surface area (Å²) >= 11 is 5.57. The average Bonchev–Trinajstić information content (AvgIpc) is 1.88. The molecule has 0 saturated heterocycles. The van der Waals surface area contributed by atoms with Crippen LogP contribution in [0.4, 0.5) is 4.39 Å². The molecule has 0 unspecified atom stereocenters. The lowest BCUT2D eigenvalue weighted by Crippen LogP contribution is -1.86. The summed E-state index contributed by atoms with van der Waals surface area (Å²) < 4.78 is 12.3. The van der Waals surface area contributed by atoms with Crippen LogP contribution in [0, 0.1) is 5.82 Å². The van der Waals surface area contributed by atoms with Crippen LogP contribution in [-0.2, 0) is 6.54 Å². The van der Waals surface area contributed by atoms with Crippen molar-refractivity contribution in [3.05, 3.63) is 34.6 Å². The van der Waals surface area contributed by atoms with Gasteiger partial charge >= 0.3 is 0 Å². The molecule has 0 saturated carbocycles. The molecule has 1 aromatic rings. The first-order chi connectivity index (χ1) is 4.74. The second kappa shape index (κ2) is 2.99. The highest BCUT2D eigenvalue weighted by atomic mass is 35.5. The number of benzene rings is 1. The van der Waals surface area contributed by atoms with Crippen molar-refractivity contribution in [3.63, 3.8) is 0 Å². The zero-order chi connectivity index (χ0) is 7.56. The molecule has 1 N–H and O–H groups in total. The Hall–Kier alpha value is -0.600. The maximum absolute atomic E-state index is 12.3. The first kappa shape index (κ1) is 7.51. The summed E-state index contributed by atoms with van der Waals surface area (Å²) in [6, 6.07) is 4.03. The summed E-state index contributed by atoms with van der Waals surface area (Å²) in [5, 5.41) is 0.329. The molecular formula is C7H6ClFN. The van der Waals surface area contributed by atoms with Gasteiger partial charge in [0.2, 0.25) is 0 Å². The molecule has 3 heteroatoms. The van der Waals surface area contributed by atoms with Crippen molar-refractivity contribution in [2.75, 3.05) is 0 Å². The van der Waals surface area contributed by atoms with Gasteiger partial charge in [-0.25, -0.2) is 4.39 Å². The van der Waals surface area contributed by atoms with E-state index in [-0.39, 0.29) is 12.4 Å². The fraction of sp³-hybridized carbons (Fsp3) is 0.143. The van der Waals surface area contributed by atoms with Crippen molar-refractivity contribution in [1.82, 2.24) is 5.73 Å². The molecule has 0 bridgehead atoms. The van der Waals surface area contributed by atoms with Gasteiger partial charge in [0, 0.05) is 11.6 Å². The topological polar surface area (TPSA) is 23.8 Å². The van der Waals surface area contributed by atoms with Crippen LogP contribution in [0.3, 0.4) is 0 Å². The zero-order valence-corrected chi connectivity index (χ0v) is 5.95. The minimum Gasteiger partial charge on any atom is -0.253 e. The highest BCUT2D eigenvalue weighted by molar-refractivity contribution is 6.31. The fourth-order valence-electron chi connectivity index (χ4n) is 0.665. The maximum atomic E-state index is 12.3. The van der Waals surface area contributed by atoms with Gasteiger partial charge in [0.15, 0.2) is 0 Å². The highest BCUT2D eigenvalue weighted by Crippen LogP contribution is 2.16. The Balaban J connectivity index is 3.07. The Morgan fingerprint density at radius 1 is 1.50 bits per heavy atom. The van der Waals surface area contributed by atoms with Gasteiger partial charge in [-0.1, -0.05) is 17.7 Å². The van der Waals surface area contributed by atoms with Crippen molar-refractivity contribution >= 4 is 11.6 Å². The SMILES string of the molecule is [NH]Cc1ccc(F)cc1Cl. The smallest absolute Gasteiger partial charge is 0.124 e. The second-order valence-electron chi connectivity index (χ2n) is 1.91. The Morgan fingerprint density at radius 3 is 2.70 bits per heavy atom. The molecular weight excluding hydrogens is 153 g/mol. The van der Waals surface area contributed by atoms with E-state index in [0.717, 1.165) is 0 Å². The van der Waals surface area contributed by atoms with Crippen LogP contribution in [0.15, 0.2) is 18.2 Å². The first-order valence-electron chi connectivity index (χ1n) is 2.82. The molecule has 1 nitrogen and oxygen atoms in total. The van der Waals surface area contributed by atoms with Gasteiger partial charge in [0.25, 0.3) is 0 Å². The predicted molar refractivity (Wildman–Crippen MR) is 38.2 cm³/mol. The van der Waals surface area contributed by atoms with Crippen molar-refractivity contribution in [2.45, 2.75) is 6.54 Å². The van der Waals surface area contributed by atoms with E-state index in [2.05, 4.69) is 0 Å². The third-order valence-corrected chi connectivity index (χ3v) is 1.56. The summed E-state index contributed by atoms with van der Waals surface area (Å²) in [6.45, 7) is 0.0963. The molecule has 0 aliphatic carbocycles. The van der Waals surface area contributed by atoms with E-state index < -0.39 is 0 Å². The number of nitrogens with one attached hydrogen (secondary N) is 1. The Kier molecular flexibility index (Phi) is 2.25. The van der Waals surface area contributed by atoms with Crippen LogP contribution in [0.2, 0.25) is 5.02 Å². The van der Waals surface area contributed by atoms with Crippen LogP contribution in [0.5, 0.6) is 0 Å². The second-order valence-corrected chi connectivity index (χ2v) is 2.32. The standard InChI is InChI=1S/C7H6ClFN/c8-7-3-6(9)2-1-5(7)4-10/h1-3,10H,4H2. The van der Waals surface area contributed by atoms with Gasteiger partial charge in [0.05, 0.1) is 0 Å². The molecule has 0 spiro atoms. The molecule has 0 aliphatic rings. The Labute approximate surface area is 63.6 Å². The molecule has 0 aliphatic heterocycles. The molecule has 0 heterocycles. The molecule has 10 heavy (non-hydrogen) atoms. The Bertz CT molecular complexity index is 237. The van der Waals surface area contributed by atoms with E-state index in [0.29, 0.717) is 10.6 Å². The molecule has 53 valence electrons. The lowest BCUT2D eigenvalue weighted by Gasteiger charge is -1.97. The third kappa shape index (κ3) is 1.46. The van der Waals surface area contributed by atoms with Gasteiger partial charge in [-0.3, -0.25) is 5.73 Å². The number of rotatable bonds is 1. The average molecular weight is 159 g/mol. The van der Waals surface area contributed by atoms with E-state index in [9.17, 15) is 4.39 Å². The predicted octanol–water partition coefficient (Wildman–Crippen LogP) is 2.26. The first-order valence-corrected chi connectivity index (χ1v) is 3.20. The van der Waals surface area contributed by atoms with Gasteiger partial charge in [-0.05, 0) is 17.7 Å². The number of hydrogen-bond donors (Lipinski definition) is 0. The molecule has 0 amide bonds. The maximum Gasteiger partial charge on any atom is 0.124 e. The molecule has 1 radical (unpaired) electrons. The summed E-state index contributed by atoms with van der Waals surface area (Å²) in [5.74, 6) is -0.359. The lowest BCUT2D eigenvalue weighted by atomic mass is 10.2.